The molecule has 1 fully saturated rings. The lowest BCUT2D eigenvalue weighted by atomic mass is 9.92. The standard InChI is InChI=1S/C14H17NO5/c16-9-6-4-8(5-7-9)15-11-3-1-2-10(13(17)18)12(11)14(19)20/h1-3,8-9,15-16H,4-7H2,(H,17,18)(H,19,20). The monoisotopic (exact) mass is 279 g/mol. The van der Waals surface area contributed by atoms with E-state index in [9.17, 15) is 19.8 Å². The summed E-state index contributed by atoms with van der Waals surface area (Å²) in [5.41, 5.74) is -0.122. The van der Waals surface area contributed by atoms with Crippen LogP contribution in [0.1, 0.15) is 46.4 Å². The molecular formula is C14H17NO5. The first-order valence-corrected chi connectivity index (χ1v) is 6.53. The molecule has 1 aromatic rings. The van der Waals surface area contributed by atoms with Crippen LogP contribution in [0.5, 0.6) is 0 Å². The number of hydrogen-bond acceptors (Lipinski definition) is 4. The zero-order valence-corrected chi connectivity index (χ0v) is 10.9. The van der Waals surface area contributed by atoms with Gasteiger partial charge in [0.15, 0.2) is 0 Å². The molecule has 1 saturated carbocycles. The molecule has 0 atom stereocenters. The topological polar surface area (TPSA) is 107 Å². The van der Waals surface area contributed by atoms with Crippen LogP contribution in [0.2, 0.25) is 0 Å². The number of benzene rings is 1. The Labute approximate surface area is 116 Å². The predicted octanol–water partition coefficient (Wildman–Crippen LogP) is 1.80. The van der Waals surface area contributed by atoms with Gasteiger partial charge in [0, 0.05) is 11.7 Å². The Bertz CT molecular complexity index is 520. The molecule has 1 aliphatic carbocycles. The lowest BCUT2D eigenvalue weighted by Gasteiger charge is -2.27. The first-order valence-electron chi connectivity index (χ1n) is 6.53. The third kappa shape index (κ3) is 3.08. The number of aromatic carboxylic acids is 2. The van der Waals surface area contributed by atoms with Crippen LogP contribution in [-0.4, -0.2) is 39.4 Å². The SMILES string of the molecule is O=C(O)c1cccc(NC2CCC(O)CC2)c1C(=O)O. The summed E-state index contributed by atoms with van der Waals surface area (Å²) in [6.45, 7) is 0. The third-order valence-electron chi connectivity index (χ3n) is 3.57. The van der Waals surface area contributed by atoms with Crippen LogP contribution in [0.4, 0.5) is 5.69 Å². The van der Waals surface area contributed by atoms with Crippen molar-refractivity contribution in [2.75, 3.05) is 5.32 Å². The minimum absolute atomic E-state index is 0.0561. The van der Waals surface area contributed by atoms with Gasteiger partial charge in [-0.1, -0.05) is 6.07 Å². The molecule has 0 saturated heterocycles. The van der Waals surface area contributed by atoms with Gasteiger partial charge in [-0.05, 0) is 37.8 Å². The fraction of sp³-hybridized carbons (Fsp3) is 0.429. The fourth-order valence-electron chi connectivity index (χ4n) is 2.52. The Morgan fingerprint density at radius 2 is 1.70 bits per heavy atom. The highest BCUT2D eigenvalue weighted by Gasteiger charge is 2.24. The molecule has 0 spiro atoms. The van der Waals surface area contributed by atoms with Gasteiger partial charge in [0.25, 0.3) is 0 Å². The van der Waals surface area contributed by atoms with Crippen LogP contribution in [0.3, 0.4) is 0 Å². The van der Waals surface area contributed by atoms with Crippen molar-refractivity contribution in [3.63, 3.8) is 0 Å². The molecule has 0 heterocycles. The van der Waals surface area contributed by atoms with Crippen LogP contribution >= 0.6 is 0 Å². The van der Waals surface area contributed by atoms with Crippen LogP contribution in [0.15, 0.2) is 18.2 Å². The number of aliphatic hydroxyl groups is 1. The maximum absolute atomic E-state index is 11.3. The minimum Gasteiger partial charge on any atom is -0.478 e. The second-order valence-electron chi connectivity index (χ2n) is 4.99. The smallest absolute Gasteiger partial charge is 0.338 e. The summed E-state index contributed by atoms with van der Waals surface area (Å²) in [6, 6.07) is 4.43. The molecule has 4 N–H and O–H groups in total. The molecule has 2 rings (SSSR count). The number of rotatable bonds is 4. The van der Waals surface area contributed by atoms with Crippen molar-refractivity contribution in [3.05, 3.63) is 29.3 Å². The van der Waals surface area contributed by atoms with E-state index < -0.39 is 11.9 Å². The van der Waals surface area contributed by atoms with Crippen molar-refractivity contribution in [1.82, 2.24) is 0 Å². The van der Waals surface area contributed by atoms with Gasteiger partial charge >= 0.3 is 11.9 Å². The highest BCUT2D eigenvalue weighted by Crippen LogP contribution is 2.26. The van der Waals surface area contributed by atoms with E-state index in [4.69, 9.17) is 5.11 Å². The van der Waals surface area contributed by atoms with Crippen molar-refractivity contribution in [2.24, 2.45) is 0 Å². The zero-order valence-electron chi connectivity index (χ0n) is 10.9. The number of carbonyl (C=O) groups is 2. The van der Waals surface area contributed by atoms with E-state index in [0.717, 1.165) is 12.8 Å². The van der Waals surface area contributed by atoms with Gasteiger partial charge < -0.3 is 20.6 Å². The normalized spacial score (nSPS) is 22.2. The number of nitrogens with one attached hydrogen (secondary N) is 1. The molecular weight excluding hydrogens is 262 g/mol. The van der Waals surface area contributed by atoms with Crippen LogP contribution in [0, 0.1) is 0 Å². The van der Waals surface area contributed by atoms with E-state index in [0.29, 0.717) is 18.5 Å². The summed E-state index contributed by atoms with van der Waals surface area (Å²) < 4.78 is 0. The van der Waals surface area contributed by atoms with Gasteiger partial charge in [-0.3, -0.25) is 0 Å². The van der Waals surface area contributed by atoms with E-state index >= 15 is 0 Å². The molecule has 108 valence electrons. The lowest BCUT2D eigenvalue weighted by Crippen LogP contribution is -2.29. The van der Waals surface area contributed by atoms with Crippen molar-refractivity contribution < 1.29 is 24.9 Å². The average molecular weight is 279 g/mol. The Balaban J connectivity index is 2.25. The van der Waals surface area contributed by atoms with Crippen LogP contribution < -0.4 is 5.32 Å². The molecule has 0 amide bonds. The number of carboxylic acids is 2. The quantitative estimate of drug-likeness (QED) is 0.669. The van der Waals surface area contributed by atoms with Crippen molar-refractivity contribution in [2.45, 2.75) is 37.8 Å². The molecule has 0 aliphatic heterocycles. The van der Waals surface area contributed by atoms with E-state index in [2.05, 4.69) is 5.32 Å². The minimum atomic E-state index is -1.26. The van der Waals surface area contributed by atoms with E-state index in [1.807, 2.05) is 0 Å². The van der Waals surface area contributed by atoms with Crippen molar-refractivity contribution >= 4 is 17.6 Å². The highest BCUT2D eigenvalue weighted by atomic mass is 16.4. The molecule has 6 nitrogen and oxygen atoms in total. The van der Waals surface area contributed by atoms with E-state index in [-0.39, 0.29) is 23.3 Å². The summed E-state index contributed by atoms with van der Waals surface area (Å²) >= 11 is 0. The van der Waals surface area contributed by atoms with Crippen LogP contribution in [-0.2, 0) is 0 Å². The molecule has 1 aromatic carbocycles. The first-order chi connectivity index (χ1) is 9.49. The Hall–Kier alpha value is -2.08. The van der Waals surface area contributed by atoms with Gasteiger partial charge in [-0.15, -0.1) is 0 Å². The summed E-state index contributed by atoms with van der Waals surface area (Å²) in [5, 5.41) is 30.8. The largest absolute Gasteiger partial charge is 0.478 e. The molecule has 0 bridgehead atoms. The second-order valence-corrected chi connectivity index (χ2v) is 4.99. The Morgan fingerprint density at radius 1 is 1.05 bits per heavy atom. The number of aliphatic hydroxyl groups excluding tert-OH is 1. The Morgan fingerprint density at radius 3 is 2.25 bits per heavy atom. The molecule has 0 radical (unpaired) electrons. The van der Waals surface area contributed by atoms with Gasteiger partial charge in [-0.2, -0.15) is 0 Å². The molecule has 6 heteroatoms. The first kappa shape index (κ1) is 14.3. The zero-order chi connectivity index (χ0) is 14.7. The van der Waals surface area contributed by atoms with Crippen molar-refractivity contribution in [3.8, 4) is 0 Å². The van der Waals surface area contributed by atoms with Gasteiger partial charge in [0.05, 0.1) is 17.2 Å². The summed E-state index contributed by atoms with van der Waals surface area (Å²) in [6.07, 6.45) is 2.50. The molecule has 0 aromatic heterocycles. The number of anilines is 1. The molecule has 1 aliphatic rings. The van der Waals surface area contributed by atoms with Gasteiger partial charge in [0.2, 0.25) is 0 Å². The fourth-order valence-corrected chi connectivity index (χ4v) is 2.52. The van der Waals surface area contributed by atoms with Crippen LogP contribution in [0.25, 0.3) is 0 Å². The molecule has 0 unspecified atom stereocenters. The van der Waals surface area contributed by atoms with Gasteiger partial charge in [-0.25, -0.2) is 9.59 Å². The highest BCUT2D eigenvalue weighted by molar-refractivity contribution is 6.05. The third-order valence-corrected chi connectivity index (χ3v) is 3.57. The summed E-state index contributed by atoms with van der Waals surface area (Å²) in [4.78, 5) is 22.4. The number of hydrogen-bond donors (Lipinski definition) is 4. The summed E-state index contributed by atoms with van der Waals surface area (Å²) in [5.74, 6) is -2.52. The van der Waals surface area contributed by atoms with Crippen molar-refractivity contribution in [1.29, 1.82) is 0 Å². The summed E-state index contributed by atoms with van der Waals surface area (Å²) in [7, 11) is 0. The molecule has 20 heavy (non-hydrogen) atoms. The average Bonchev–Trinajstić information content (AvgIpc) is 2.40. The predicted molar refractivity (Wildman–Crippen MR) is 72.2 cm³/mol. The maximum atomic E-state index is 11.3. The van der Waals surface area contributed by atoms with Gasteiger partial charge in [0.1, 0.15) is 0 Å². The Kier molecular flexibility index (Phi) is 4.24. The number of carboxylic acid groups (broad SMARTS) is 2. The second kappa shape index (κ2) is 5.92. The maximum Gasteiger partial charge on any atom is 0.338 e. The van der Waals surface area contributed by atoms with E-state index in [1.165, 1.54) is 12.1 Å². The lowest BCUT2D eigenvalue weighted by molar-refractivity contribution is 0.0652. The van der Waals surface area contributed by atoms with E-state index in [1.54, 1.807) is 6.07 Å².